The number of hydrogen-bond acceptors (Lipinski definition) is 7. The number of carbonyl (C=O) groups excluding carboxylic acids is 2. The van der Waals surface area contributed by atoms with Crippen LogP contribution in [0.15, 0.2) is 30.3 Å². The molecule has 11 nitrogen and oxygen atoms in total. The third-order valence-corrected chi connectivity index (χ3v) is 6.03. The molecular weight excluding hydrogens is 426 g/mol. The van der Waals surface area contributed by atoms with Crippen molar-refractivity contribution in [1.29, 1.82) is 0 Å². The molecule has 0 atom stereocenters. The van der Waals surface area contributed by atoms with E-state index in [1.54, 1.807) is 41.2 Å². The number of aromatic nitrogens is 5. The molecule has 5 rings (SSSR count). The third-order valence-electron chi connectivity index (χ3n) is 6.03. The lowest BCUT2D eigenvalue weighted by Gasteiger charge is -2.24. The number of ether oxygens (including phenoxy) is 2. The molecule has 4 heterocycles. The largest absolute Gasteiger partial charge is 0.497 e. The minimum absolute atomic E-state index is 0.0304. The molecule has 0 aliphatic carbocycles. The smallest absolute Gasteiger partial charge is 0.274 e. The Morgan fingerprint density at radius 1 is 0.970 bits per heavy atom. The number of hydrogen-bond donors (Lipinski definition) is 1. The molecule has 2 aliphatic heterocycles. The van der Waals surface area contributed by atoms with E-state index in [-0.39, 0.29) is 18.4 Å². The molecule has 0 radical (unpaired) electrons. The van der Waals surface area contributed by atoms with Gasteiger partial charge in [-0.1, -0.05) is 0 Å². The summed E-state index contributed by atoms with van der Waals surface area (Å²) >= 11 is 0. The fourth-order valence-corrected chi connectivity index (χ4v) is 4.13. The molecule has 3 aromatic rings. The highest BCUT2D eigenvalue weighted by Crippen LogP contribution is 2.19. The van der Waals surface area contributed by atoms with E-state index in [9.17, 15) is 9.59 Å². The second-order valence-electron chi connectivity index (χ2n) is 8.03. The van der Waals surface area contributed by atoms with E-state index >= 15 is 0 Å². The van der Waals surface area contributed by atoms with Crippen LogP contribution in [0.1, 0.15) is 27.6 Å². The van der Waals surface area contributed by atoms with Crippen LogP contribution in [0, 0.1) is 0 Å². The van der Waals surface area contributed by atoms with Crippen LogP contribution in [0.5, 0.6) is 11.5 Å². The van der Waals surface area contributed by atoms with Crippen molar-refractivity contribution in [2.75, 3.05) is 33.4 Å². The molecule has 0 unspecified atom stereocenters. The lowest BCUT2D eigenvalue weighted by Crippen LogP contribution is -2.37. The van der Waals surface area contributed by atoms with Gasteiger partial charge in [0.2, 0.25) is 0 Å². The molecule has 2 aliphatic rings. The summed E-state index contributed by atoms with van der Waals surface area (Å²) in [5.74, 6) is 1.16. The highest BCUT2D eigenvalue weighted by molar-refractivity contribution is 5.92. The average molecular weight is 451 g/mol. The number of carbonyl (C=O) groups is 2. The summed E-state index contributed by atoms with van der Waals surface area (Å²) in [6.45, 7) is 2.59. The van der Waals surface area contributed by atoms with Crippen molar-refractivity contribution in [3.63, 3.8) is 0 Å². The first-order valence-electron chi connectivity index (χ1n) is 10.9. The van der Waals surface area contributed by atoms with Crippen molar-refractivity contribution in [3.05, 3.63) is 53.1 Å². The van der Waals surface area contributed by atoms with Gasteiger partial charge in [-0.15, -0.1) is 0 Å². The maximum Gasteiger partial charge on any atom is 0.274 e. The number of H-pyrrole nitrogens is 1. The van der Waals surface area contributed by atoms with E-state index in [4.69, 9.17) is 9.47 Å². The van der Waals surface area contributed by atoms with Gasteiger partial charge in [0.15, 0.2) is 12.3 Å². The van der Waals surface area contributed by atoms with E-state index in [1.165, 1.54) is 0 Å². The van der Waals surface area contributed by atoms with Gasteiger partial charge in [-0.2, -0.15) is 20.5 Å². The predicted molar refractivity (Wildman–Crippen MR) is 116 cm³/mol. The molecule has 1 aromatic carbocycles. The number of methoxy groups -OCH3 is 1. The van der Waals surface area contributed by atoms with Crippen LogP contribution in [0.2, 0.25) is 0 Å². The Balaban J connectivity index is 1.16. The first-order chi connectivity index (χ1) is 16.1. The zero-order chi connectivity index (χ0) is 22.8. The van der Waals surface area contributed by atoms with Crippen LogP contribution >= 0.6 is 0 Å². The van der Waals surface area contributed by atoms with Crippen molar-refractivity contribution in [1.82, 2.24) is 35.0 Å². The van der Waals surface area contributed by atoms with E-state index in [2.05, 4.69) is 20.5 Å². The summed E-state index contributed by atoms with van der Waals surface area (Å²) in [5, 5.41) is 15.4. The van der Waals surface area contributed by atoms with E-state index in [1.807, 2.05) is 10.7 Å². The lowest BCUT2D eigenvalue weighted by molar-refractivity contribution is -0.133. The molecule has 0 saturated carbocycles. The van der Waals surface area contributed by atoms with Crippen LogP contribution in [0.3, 0.4) is 0 Å². The molecular formula is C22H25N7O4. The summed E-state index contributed by atoms with van der Waals surface area (Å²) in [7, 11) is 1.60. The molecule has 0 bridgehead atoms. The molecule has 2 amide bonds. The van der Waals surface area contributed by atoms with Crippen molar-refractivity contribution in [3.8, 4) is 11.5 Å². The van der Waals surface area contributed by atoms with Gasteiger partial charge < -0.3 is 19.3 Å². The number of amides is 2. The predicted octanol–water partition coefficient (Wildman–Crippen LogP) is 0.672. The minimum atomic E-state index is -0.106. The monoisotopic (exact) mass is 451 g/mol. The zero-order valence-corrected chi connectivity index (χ0v) is 18.4. The van der Waals surface area contributed by atoms with Crippen molar-refractivity contribution < 1.29 is 19.1 Å². The van der Waals surface area contributed by atoms with E-state index in [0.29, 0.717) is 57.0 Å². The molecule has 0 fully saturated rings. The first-order valence-corrected chi connectivity index (χ1v) is 10.9. The number of benzene rings is 1. The molecule has 1 N–H and O–H groups in total. The number of rotatable bonds is 5. The molecule has 0 spiro atoms. The van der Waals surface area contributed by atoms with Crippen LogP contribution in [-0.2, 0) is 30.7 Å². The second-order valence-corrected chi connectivity index (χ2v) is 8.03. The van der Waals surface area contributed by atoms with Crippen LogP contribution in [-0.4, -0.2) is 80.2 Å². The number of nitrogens with zero attached hydrogens (tertiary/aromatic N) is 6. The average Bonchev–Trinajstić information content (AvgIpc) is 3.44. The van der Waals surface area contributed by atoms with Crippen LogP contribution < -0.4 is 9.47 Å². The summed E-state index contributed by atoms with van der Waals surface area (Å²) in [6, 6.07) is 8.96. The SMILES string of the molecule is COc1ccc(OCC(=O)N2CCc3cc(C(=O)N4CCc5n[nH]nc5C4)nn3CC2)cc1. The van der Waals surface area contributed by atoms with E-state index in [0.717, 1.165) is 22.8 Å². The second kappa shape index (κ2) is 8.93. The highest BCUT2D eigenvalue weighted by atomic mass is 16.5. The summed E-state index contributed by atoms with van der Waals surface area (Å²) in [6.07, 6.45) is 1.31. The standard InChI is InChI=1S/C22H25N7O4/c1-32-16-2-4-17(5-3-16)33-14-21(30)27-8-6-15-12-19(25-29(15)11-10-27)22(31)28-9-7-18-20(13-28)24-26-23-18/h2-5,12H,6-11,13-14H2,1H3,(H,23,24,26). The summed E-state index contributed by atoms with van der Waals surface area (Å²) in [4.78, 5) is 29.1. The fraction of sp³-hybridized carbons (Fsp3) is 0.409. The fourth-order valence-electron chi connectivity index (χ4n) is 4.13. The van der Waals surface area contributed by atoms with Gasteiger partial charge in [-0.05, 0) is 30.3 Å². The molecule has 2 aromatic heterocycles. The van der Waals surface area contributed by atoms with E-state index < -0.39 is 0 Å². The number of nitrogens with one attached hydrogen (secondary N) is 1. The highest BCUT2D eigenvalue weighted by Gasteiger charge is 2.28. The Kier molecular flexibility index (Phi) is 5.68. The Bertz CT molecular complexity index is 1130. The normalized spacial score (nSPS) is 15.4. The lowest BCUT2D eigenvalue weighted by atomic mass is 10.1. The van der Waals surface area contributed by atoms with Gasteiger partial charge in [0.25, 0.3) is 11.8 Å². The van der Waals surface area contributed by atoms with Crippen LogP contribution in [0.4, 0.5) is 0 Å². The van der Waals surface area contributed by atoms with Gasteiger partial charge in [0.05, 0.1) is 25.9 Å². The summed E-state index contributed by atoms with van der Waals surface area (Å²) in [5.41, 5.74) is 3.10. The molecule has 11 heteroatoms. The van der Waals surface area contributed by atoms with Crippen molar-refractivity contribution >= 4 is 11.8 Å². The Labute approximate surface area is 190 Å². The zero-order valence-electron chi connectivity index (χ0n) is 18.4. The van der Waals surface area contributed by atoms with Gasteiger partial charge >= 0.3 is 0 Å². The van der Waals surface area contributed by atoms with Crippen molar-refractivity contribution in [2.24, 2.45) is 0 Å². The minimum Gasteiger partial charge on any atom is -0.497 e. The first kappa shape index (κ1) is 21.0. The Morgan fingerprint density at radius 3 is 2.55 bits per heavy atom. The topological polar surface area (TPSA) is 118 Å². The molecule has 172 valence electrons. The molecule has 33 heavy (non-hydrogen) atoms. The van der Waals surface area contributed by atoms with Crippen molar-refractivity contribution in [2.45, 2.75) is 25.9 Å². The third kappa shape index (κ3) is 4.38. The maximum atomic E-state index is 13.0. The van der Waals surface area contributed by atoms with Gasteiger partial charge in [-0.3, -0.25) is 14.3 Å². The van der Waals surface area contributed by atoms with Gasteiger partial charge in [-0.25, -0.2) is 0 Å². The van der Waals surface area contributed by atoms with Crippen LogP contribution in [0.25, 0.3) is 0 Å². The van der Waals surface area contributed by atoms with Gasteiger partial charge in [0.1, 0.15) is 17.2 Å². The molecule has 0 saturated heterocycles. The maximum absolute atomic E-state index is 13.0. The number of aromatic amines is 1. The Hall–Kier alpha value is -3.89. The number of fused-ring (bicyclic) bond motifs is 2. The quantitative estimate of drug-likeness (QED) is 0.606. The Morgan fingerprint density at radius 2 is 1.73 bits per heavy atom. The van der Waals surface area contributed by atoms with Gasteiger partial charge in [0, 0.05) is 38.2 Å². The summed E-state index contributed by atoms with van der Waals surface area (Å²) < 4.78 is 12.6.